The minimum Gasteiger partial charge on any atom is -0.462 e. The molecular weight excluding hydrogens is 306 g/mol. The van der Waals surface area contributed by atoms with Crippen molar-refractivity contribution < 1.29 is 23.5 Å². The lowest BCUT2D eigenvalue weighted by molar-refractivity contribution is -0.150. The number of rotatable bonds is 5. The molecule has 1 atom stereocenters. The summed E-state index contributed by atoms with van der Waals surface area (Å²) in [5.74, 6) is 0.102. The van der Waals surface area contributed by atoms with Gasteiger partial charge in [0.15, 0.2) is 0 Å². The van der Waals surface area contributed by atoms with Crippen LogP contribution in [0, 0.1) is 6.92 Å². The van der Waals surface area contributed by atoms with Crippen LogP contribution in [0.25, 0.3) is 6.08 Å². The normalized spacial score (nSPS) is 18.1. The first kappa shape index (κ1) is 16.4. The molecule has 0 saturated carbocycles. The average Bonchev–Trinajstić information content (AvgIpc) is 2.98. The van der Waals surface area contributed by atoms with E-state index in [2.05, 4.69) is 0 Å². The molecule has 1 aromatic heterocycles. The van der Waals surface area contributed by atoms with Crippen molar-refractivity contribution in [1.82, 2.24) is 4.90 Å². The molecule has 0 aliphatic carbocycles. The van der Waals surface area contributed by atoms with Crippen LogP contribution in [-0.4, -0.2) is 34.7 Å². The average molecular weight is 323 g/mol. The summed E-state index contributed by atoms with van der Waals surface area (Å²) < 4.78 is 10.4. The summed E-state index contributed by atoms with van der Waals surface area (Å²) in [6.07, 6.45) is 1.93. The molecule has 0 aromatic carbocycles. The lowest BCUT2D eigenvalue weighted by atomic mass is 10.3. The highest BCUT2D eigenvalue weighted by Gasteiger charge is 2.37. The van der Waals surface area contributed by atoms with Gasteiger partial charge in [0.05, 0.1) is 11.0 Å². The number of carbonyl (C=O) groups is 3. The first-order valence-electron chi connectivity index (χ1n) is 6.92. The topological polar surface area (TPSA) is 76.8 Å². The molecular formula is C15H17NO5S. The molecule has 2 amide bonds. The van der Waals surface area contributed by atoms with Crippen LogP contribution in [-0.2, 0) is 14.3 Å². The first-order valence-corrected chi connectivity index (χ1v) is 7.73. The van der Waals surface area contributed by atoms with Crippen molar-refractivity contribution in [2.45, 2.75) is 33.3 Å². The summed E-state index contributed by atoms with van der Waals surface area (Å²) >= 11 is 0.783. The molecule has 7 heteroatoms. The Hall–Kier alpha value is -2.02. The third kappa shape index (κ3) is 3.79. The fourth-order valence-corrected chi connectivity index (χ4v) is 2.59. The van der Waals surface area contributed by atoms with Crippen molar-refractivity contribution in [3.63, 3.8) is 0 Å². The largest absolute Gasteiger partial charge is 0.462 e. The second-order valence-electron chi connectivity index (χ2n) is 4.92. The van der Waals surface area contributed by atoms with E-state index in [0.29, 0.717) is 17.9 Å². The summed E-state index contributed by atoms with van der Waals surface area (Å²) in [5.41, 5.74) is 0. The van der Waals surface area contributed by atoms with Crippen LogP contribution in [0.3, 0.4) is 0 Å². The van der Waals surface area contributed by atoms with Crippen molar-refractivity contribution in [3.05, 3.63) is 28.6 Å². The maximum atomic E-state index is 12.2. The van der Waals surface area contributed by atoms with Crippen molar-refractivity contribution >= 4 is 35.0 Å². The van der Waals surface area contributed by atoms with Crippen LogP contribution in [0.2, 0.25) is 0 Å². The molecule has 0 unspecified atom stereocenters. The molecule has 1 aliphatic heterocycles. The van der Waals surface area contributed by atoms with Crippen LogP contribution >= 0.6 is 11.8 Å². The van der Waals surface area contributed by atoms with E-state index in [1.165, 1.54) is 6.08 Å². The Bertz CT molecular complexity index is 634. The van der Waals surface area contributed by atoms with Gasteiger partial charge in [-0.15, -0.1) is 0 Å². The zero-order chi connectivity index (χ0) is 16.3. The van der Waals surface area contributed by atoms with Gasteiger partial charge in [0.2, 0.25) is 0 Å². The Morgan fingerprint density at radius 1 is 1.45 bits per heavy atom. The van der Waals surface area contributed by atoms with Crippen molar-refractivity contribution in [3.8, 4) is 0 Å². The quantitative estimate of drug-likeness (QED) is 0.612. The number of thioether (sulfide) groups is 1. The Labute approximate surface area is 132 Å². The molecule has 2 rings (SSSR count). The Morgan fingerprint density at radius 2 is 2.18 bits per heavy atom. The minimum atomic E-state index is -0.591. The van der Waals surface area contributed by atoms with Gasteiger partial charge in [-0.1, -0.05) is 6.92 Å². The second-order valence-corrected chi connectivity index (χ2v) is 5.92. The first-order chi connectivity index (χ1) is 10.4. The van der Waals surface area contributed by atoms with Gasteiger partial charge >= 0.3 is 5.97 Å². The maximum absolute atomic E-state index is 12.2. The van der Waals surface area contributed by atoms with Crippen molar-refractivity contribution in [2.75, 3.05) is 6.54 Å². The molecule has 0 radical (unpaired) electrons. The molecule has 22 heavy (non-hydrogen) atoms. The number of esters is 1. The van der Waals surface area contributed by atoms with E-state index in [0.717, 1.165) is 16.7 Å². The standard InChI is InChI=1S/C15H17NO5S/c1-4-9(2)21-13(17)8-16-14(18)12(22-15(16)19)7-11-6-5-10(3)20-11/h5-7,9H,4,8H2,1-3H3/b12-7+/t9-/m0/s1. The molecule has 0 N–H and O–H groups in total. The summed E-state index contributed by atoms with van der Waals surface area (Å²) in [6, 6.07) is 3.47. The summed E-state index contributed by atoms with van der Waals surface area (Å²) in [6.45, 7) is 5.05. The fraction of sp³-hybridized carbons (Fsp3) is 0.400. The molecule has 1 aromatic rings. The minimum absolute atomic E-state index is 0.232. The summed E-state index contributed by atoms with van der Waals surface area (Å²) in [4.78, 5) is 36.9. The van der Waals surface area contributed by atoms with E-state index in [-0.39, 0.29) is 17.6 Å². The highest BCUT2D eigenvalue weighted by atomic mass is 32.2. The smallest absolute Gasteiger partial charge is 0.326 e. The molecule has 6 nitrogen and oxygen atoms in total. The number of nitrogens with zero attached hydrogens (tertiary/aromatic N) is 1. The van der Waals surface area contributed by atoms with Gasteiger partial charge in [-0.2, -0.15) is 0 Å². The number of furan rings is 1. The third-order valence-electron chi connectivity index (χ3n) is 3.10. The van der Waals surface area contributed by atoms with Gasteiger partial charge in [0, 0.05) is 6.08 Å². The van der Waals surface area contributed by atoms with Crippen LogP contribution < -0.4 is 0 Å². The Morgan fingerprint density at radius 3 is 2.77 bits per heavy atom. The van der Waals surface area contributed by atoms with E-state index in [1.54, 1.807) is 26.0 Å². The van der Waals surface area contributed by atoms with E-state index in [9.17, 15) is 14.4 Å². The second kappa shape index (κ2) is 6.83. The molecule has 0 spiro atoms. The van der Waals surface area contributed by atoms with E-state index in [4.69, 9.17) is 9.15 Å². The maximum Gasteiger partial charge on any atom is 0.326 e. The van der Waals surface area contributed by atoms with Crippen LogP contribution in [0.4, 0.5) is 4.79 Å². The predicted octanol–water partition coefficient (Wildman–Crippen LogP) is 2.97. The lowest BCUT2D eigenvalue weighted by Crippen LogP contribution is -2.35. The van der Waals surface area contributed by atoms with E-state index < -0.39 is 17.1 Å². The monoisotopic (exact) mass is 323 g/mol. The fourth-order valence-electron chi connectivity index (χ4n) is 1.77. The molecule has 1 aliphatic rings. The number of imide groups is 1. The van der Waals surface area contributed by atoms with Crippen LogP contribution in [0.1, 0.15) is 31.8 Å². The van der Waals surface area contributed by atoms with Crippen molar-refractivity contribution in [2.24, 2.45) is 0 Å². The SMILES string of the molecule is CC[C@H](C)OC(=O)CN1C(=O)S/C(=C/c2ccc(C)o2)C1=O. The number of ether oxygens (including phenoxy) is 1. The lowest BCUT2D eigenvalue weighted by Gasteiger charge is -2.14. The van der Waals surface area contributed by atoms with Gasteiger partial charge in [-0.3, -0.25) is 19.3 Å². The highest BCUT2D eigenvalue weighted by molar-refractivity contribution is 8.18. The highest BCUT2D eigenvalue weighted by Crippen LogP contribution is 2.32. The van der Waals surface area contributed by atoms with Gasteiger partial charge < -0.3 is 9.15 Å². The summed E-state index contributed by atoms with van der Waals surface area (Å²) in [5, 5.41) is -0.486. The van der Waals surface area contributed by atoms with Gasteiger partial charge in [0.25, 0.3) is 11.1 Å². The third-order valence-corrected chi connectivity index (χ3v) is 4.01. The molecule has 1 fully saturated rings. The van der Waals surface area contributed by atoms with E-state index in [1.807, 2.05) is 6.92 Å². The number of hydrogen-bond acceptors (Lipinski definition) is 6. The summed E-state index contributed by atoms with van der Waals surface area (Å²) in [7, 11) is 0. The van der Waals surface area contributed by atoms with Gasteiger partial charge in [-0.05, 0) is 44.2 Å². The number of amides is 2. The Kier molecular flexibility index (Phi) is 5.07. The Balaban J connectivity index is 2.06. The number of carbonyl (C=O) groups excluding carboxylic acids is 3. The molecule has 1 saturated heterocycles. The predicted molar refractivity (Wildman–Crippen MR) is 82.0 cm³/mol. The number of hydrogen-bond donors (Lipinski definition) is 0. The number of aryl methyl sites for hydroxylation is 1. The van der Waals surface area contributed by atoms with E-state index >= 15 is 0 Å². The van der Waals surface area contributed by atoms with Crippen molar-refractivity contribution in [1.29, 1.82) is 0 Å². The zero-order valence-corrected chi connectivity index (χ0v) is 13.4. The molecule has 118 valence electrons. The van der Waals surface area contributed by atoms with Crippen LogP contribution in [0.15, 0.2) is 21.5 Å². The molecule has 2 heterocycles. The van der Waals surface area contributed by atoms with Crippen LogP contribution in [0.5, 0.6) is 0 Å². The zero-order valence-electron chi connectivity index (χ0n) is 12.6. The molecule has 0 bridgehead atoms. The van der Waals surface area contributed by atoms with Gasteiger partial charge in [-0.25, -0.2) is 0 Å². The van der Waals surface area contributed by atoms with Gasteiger partial charge in [0.1, 0.15) is 18.1 Å².